The zero-order chi connectivity index (χ0) is 8.77. The zero-order valence-electron chi connectivity index (χ0n) is 7.02. The second-order valence-electron chi connectivity index (χ2n) is 3.71. The minimum absolute atomic E-state index is 0.231. The molecule has 2 rings (SSSR count). The average molecular weight is 174 g/mol. The van der Waals surface area contributed by atoms with Crippen LogP contribution in [0.15, 0.2) is 11.6 Å². The standard InChI is InChI=1S/C9H12F2O/c1-6-2-3-7-8(4-6)12-5-9(7,10)11/h2,7-8H,3-5H2,1H3. The number of rotatable bonds is 0. The molecule has 0 aromatic carbocycles. The lowest BCUT2D eigenvalue weighted by atomic mass is 9.85. The summed E-state index contributed by atoms with van der Waals surface area (Å²) >= 11 is 0. The lowest BCUT2D eigenvalue weighted by Crippen LogP contribution is -2.31. The zero-order valence-corrected chi connectivity index (χ0v) is 7.02. The van der Waals surface area contributed by atoms with Crippen molar-refractivity contribution in [3.63, 3.8) is 0 Å². The van der Waals surface area contributed by atoms with E-state index in [9.17, 15) is 8.78 Å². The van der Waals surface area contributed by atoms with Crippen molar-refractivity contribution in [2.24, 2.45) is 5.92 Å². The first-order valence-electron chi connectivity index (χ1n) is 4.24. The highest BCUT2D eigenvalue weighted by Crippen LogP contribution is 2.43. The number of allylic oxidation sites excluding steroid dienone is 1. The Morgan fingerprint density at radius 3 is 3.08 bits per heavy atom. The van der Waals surface area contributed by atoms with Crippen molar-refractivity contribution in [2.75, 3.05) is 6.61 Å². The Bertz CT molecular complexity index is 223. The van der Waals surface area contributed by atoms with Gasteiger partial charge in [-0.1, -0.05) is 11.6 Å². The van der Waals surface area contributed by atoms with Crippen LogP contribution in [-0.2, 0) is 4.74 Å². The van der Waals surface area contributed by atoms with Gasteiger partial charge in [0.1, 0.15) is 6.61 Å². The molecule has 1 nitrogen and oxygen atoms in total. The highest BCUT2D eigenvalue weighted by Gasteiger charge is 2.51. The number of halogens is 2. The number of hydrogen-bond donors (Lipinski definition) is 0. The molecule has 1 aliphatic heterocycles. The first kappa shape index (κ1) is 8.17. The maximum atomic E-state index is 13.1. The van der Waals surface area contributed by atoms with Gasteiger partial charge in [-0.2, -0.15) is 0 Å². The van der Waals surface area contributed by atoms with Crippen molar-refractivity contribution < 1.29 is 13.5 Å². The van der Waals surface area contributed by atoms with Crippen LogP contribution in [0.2, 0.25) is 0 Å². The predicted octanol–water partition coefficient (Wildman–Crippen LogP) is 2.38. The Morgan fingerprint density at radius 1 is 1.58 bits per heavy atom. The molecular formula is C9H12F2O. The van der Waals surface area contributed by atoms with Gasteiger partial charge in [-0.3, -0.25) is 0 Å². The van der Waals surface area contributed by atoms with Crippen molar-refractivity contribution in [3.8, 4) is 0 Å². The monoisotopic (exact) mass is 174 g/mol. The molecule has 0 N–H and O–H groups in total. The summed E-state index contributed by atoms with van der Waals surface area (Å²) in [6.45, 7) is 1.58. The van der Waals surface area contributed by atoms with Crippen molar-refractivity contribution in [3.05, 3.63) is 11.6 Å². The summed E-state index contributed by atoms with van der Waals surface area (Å²) < 4.78 is 31.2. The van der Waals surface area contributed by atoms with E-state index in [1.54, 1.807) is 0 Å². The highest BCUT2D eigenvalue weighted by molar-refractivity contribution is 5.10. The third-order valence-electron chi connectivity index (χ3n) is 2.72. The SMILES string of the molecule is CC1=CCC2C(C1)OCC2(F)F. The molecule has 1 heterocycles. The second-order valence-corrected chi connectivity index (χ2v) is 3.71. The minimum Gasteiger partial charge on any atom is -0.371 e. The summed E-state index contributed by atoms with van der Waals surface area (Å²) in [7, 11) is 0. The van der Waals surface area contributed by atoms with Gasteiger partial charge in [0.25, 0.3) is 5.92 Å². The van der Waals surface area contributed by atoms with Gasteiger partial charge in [-0.25, -0.2) is 8.78 Å². The molecule has 1 fully saturated rings. The number of alkyl halides is 2. The van der Waals surface area contributed by atoms with E-state index in [2.05, 4.69) is 0 Å². The van der Waals surface area contributed by atoms with Crippen molar-refractivity contribution in [1.82, 2.24) is 0 Å². The fourth-order valence-electron chi connectivity index (χ4n) is 1.97. The summed E-state index contributed by atoms with van der Waals surface area (Å²) in [6.07, 6.45) is 2.83. The minimum atomic E-state index is -2.60. The van der Waals surface area contributed by atoms with Crippen LogP contribution >= 0.6 is 0 Å². The smallest absolute Gasteiger partial charge is 0.276 e. The molecule has 0 spiro atoms. The maximum Gasteiger partial charge on any atom is 0.276 e. The molecule has 0 aromatic heterocycles. The molecule has 0 bridgehead atoms. The summed E-state index contributed by atoms with van der Waals surface area (Å²) in [5.41, 5.74) is 1.17. The first-order chi connectivity index (χ1) is 5.59. The van der Waals surface area contributed by atoms with Gasteiger partial charge >= 0.3 is 0 Å². The van der Waals surface area contributed by atoms with Crippen LogP contribution in [0.5, 0.6) is 0 Å². The Labute approximate surface area is 70.4 Å². The molecule has 2 unspecified atom stereocenters. The lowest BCUT2D eigenvalue weighted by Gasteiger charge is -2.25. The number of hydrogen-bond acceptors (Lipinski definition) is 1. The molecule has 0 aromatic rings. The van der Waals surface area contributed by atoms with E-state index in [0.717, 1.165) is 0 Å². The largest absolute Gasteiger partial charge is 0.371 e. The number of fused-ring (bicyclic) bond motifs is 1. The Kier molecular flexibility index (Phi) is 1.72. The van der Waals surface area contributed by atoms with Gasteiger partial charge in [0.05, 0.1) is 12.0 Å². The molecule has 1 aliphatic carbocycles. The van der Waals surface area contributed by atoms with Crippen LogP contribution in [0, 0.1) is 5.92 Å². The Morgan fingerprint density at radius 2 is 2.33 bits per heavy atom. The van der Waals surface area contributed by atoms with Gasteiger partial charge in [-0.05, 0) is 19.8 Å². The van der Waals surface area contributed by atoms with E-state index < -0.39 is 11.8 Å². The fourth-order valence-corrected chi connectivity index (χ4v) is 1.97. The molecule has 0 amide bonds. The highest BCUT2D eigenvalue weighted by atomic mass is 19.3. The molecular weight excluding hydrogens is 162 g/mol. The summed E-state index contributed by atoms with van der Waals surface area (Å²) in [5.74, 6) is -3.16. The summed E-state index contributed by atoms with van der Waals surface area (Å²) in [5, 5.41) is 0. The molecule has 1 saturated heterocycles. The molecule has 3 heteroatoms. The molecule has 12 heavy (non-hydrogen) atoms. The normalized spacial score (nSPS) is 39.1. The van der Waals surface area contributed by atoms with Crippen LogP contribution in [0.1, 0.15) is 19.8 Å². The summed E-state index contributed by atoms with van der Waals surface area (Å²) in [6, 6.07) is 0. The van der Waals surface area contributed by atoms with Crippen molar-refractivity contribution in [2.45, 2.75) is 31.8 Å². The summed E-state index contributed by atoms with van der Waals surface area (Å²) in [4.78, 5) is 0. The predicted molar refractivity (Wildman–Crippen MR) is 41.2 cm³/mol. The molecule has 2 aliphatic rings. The molecule has 68 valence electrons. The lowest BCUT2D eigenvalue weighted by molar-refractivity contribution is -0.0361. The van der Waals surface area contributed by atoms with E-state index in [4.69, 9.17) is 4.74 Å². The Balaban J connectivity index is 2.17. The third kappa shape index (κ3) is 1.16. The Hall–Kier alpha value is -0.440. The van der Waals surface area contributed by atoms with Crippen molar-refractivity contribution >= 4 is 0 Å². The fraction of sp³-hybridized carbons (Fsp3) is 0.778. The van der Waals surface area contributed by atoms with Crippen LogP contribution in [0.25, 0.3) is 0 Å². The molecule has 2 atom stereocenters. The number of ether oxygens (including phenoxy) is 1. The molecule has 0 radical (unpaired) electrons. The van der Waals surface area contributed by atoms with Gasteiger partial charge < -0.3 is 4.74 Å². The second kappa shape index (κ2) is 2.52. The van der Waals surface area contributed by atoms with Gasteiger partial charge in [-0.15, -0.1) is 0 Å². The van der Waals surface area contributed by atoms with Crippen LogP contribution in [0.4, 0.5) is 8.78 Å². The topological polar surface area (TPSA) is 9.23 Å². The first-order valence-corrected chi connectivity index (χ1v) is 4.24. The van der Waals surface area contributed by atoms with Crippen LogP contribution < -0.4 is 0 Å². The van der Waals surface area contributed by atoms with Crippen molar-refractivity contribution in [1.29, 1.82) is 0 Å². The quantitative estimate of drug-likeness (QED) is 0.512. The third-order valence-corrected chi connectivity index (χ3v) is 2.72. The van der Waals surface area contributed by atoms with E-state index in [1.807, 2.05) is 13.0 Å². The maximum absolute atomic E-state index is 13.1. The van der Waals surface area contributed by atoms with Crippen LogP contribution in [0.3, 0.4) is 0 Å². The van der Waals surface area contributed by atoms with Crippen LogP contribution in [-0.4, -0.2) is 18.6 Å². The van der Waals surface area contributed by atoms with E-state index >= 15 is 0 Å². The average Bonchev–Trinajstić information content (AvgIpc) is 2.27. The van der Waals surface area contributed by atoms with Gasteiger partial charge in [0, 0.05) is 0 Å². The van der Waals surface area contributed by atoms with E-state index in [1.165, 1.54) is 5.57 Å². The van der Waals surface area contributed by atoms with E-state index in [0.29, 0.717) is 12.8 Å². The van der Waals surface area contributed by atoms with E-state index in [-0.39, 0.29) is 12.7 Å². The molecule has 0 saturated carbocycles. The van der Waals surface area contributed by atoms with Gasteiger partial charge in [0.2, 0.25) is 0 Å². The van der Waals surface area contributed by atoms with Gasteiger partial charge in [0.15, 0.2) is 0 Å².